The molecule has 1 amide bonds. The van der Waals surface area contributed by atoms with Gasteiger partial charge in [0.2, 0.25) is 6.41 Å². The molecule has 3 aromatic rings. The van der Waals surface area contributed by atoms with Crippen LogP contribution in [0.5, 0.6) is 11.5 Å². The van der Waals surface area contributed by atoms with Crippen LogP contribution in [0.1, 0.15) is 24.0 Å². The highest BCUT2D eigenvalue weighted by Gasteiger charge is 2.17. The largest absolute Gasteiger partial charge is 0.496 e. The summed E-state index contributed by atoms with van der Waals surface area (Å²) >= 11 is 0. The highest BCUT2D eigenvalue weighted by Crippen LogP contribution is 2.33. The number of amides is 1. The number of rotatable bonds is 13. The molecule has 1 aliphatic heterocycles. The second kappa shape index (κ2) is 13.8. The minimum absolute atomic E-state index is 0.221. The standard InChI is InChI=1S/C30H38FN5O3/c1-38-30-7-3-21(14-28(30)22-4-6-29(33)23(15-22)19-32)2-5-26(8-9-35-20-37)39-27-17-24(31)16-25(18-27)36-12-10-34-11-13-36/h3-4,6-7,14-18,20,26,34H,2,5,8-13,19,32-33H2,1H3,(H,35,37). The Balaban J connectivity index is 1.51. The van der Waals surface area contributed by atoms with Crippen molar-refractivity contribution in [3.05, 3.63) is 71.5 Å². The fourth-order valence-corrected chi connectivity index (χ4v) is 4.89. The van der Waals surface area contributed by atoms with Crippen LogP contribution in [0, 0.1) is 5.82 Å². The Morgan fingerprint density at radius 3 is 2.67 bits per heavy atom. The lowest BCUT2D eigenvalue weighted by atomic mass is 9.96. The molecule has 1 atom stereocenters. The third-order valence-corrected chi connectivity index (χ3v) is 7.03. The summed E-state index contributed by atoms with van der Waals surface area (Å²) in [7, 11) is 1.65. The summed E-state index contributed by atoms with van der Waals surface area (Å²) in [6.07, 6.45) is 2.46. The van der Waals surface area contributed by atoms with Crippen LogP contribution in [0.4, 0.5) is 15.8 Å². The van der Waals surface area contributed by atoms with Crippen LogP contribution < -0.4 is 36.5 Å². The van der Waals surface area contributed by atoms with Crippen LogP contribution in [-0.4, -0.2) is 52.3 Å². The zero-order chi connectivity index (χ0) is 27.6. The number of nitrogens with one attached hydrogen (secondary N) is 2. The van der Waals surface area contributed by atoms with Crippen molar-refractivity contribution in [1.82, 2.24) is 10.6 Å². The molecule has 0 aromatic heterocycles. The van der Waals surface area contributed by atoms with Crippen molar-refractivity contribution in [2.45, 2.75) is 31.9 Å². The van der Waals surface area contributed by atoms with Gasteiger partial charge in [0.05, 0.1) is 7.11 Å². The van der Waals surface area contributed by atoms with Gasteiger partial charge in [0, 0.05) is 74.8 Å². The molecule has 1 heterocycles. The van der Waals surface area contributed by atoms with Gasteiger partial charge in [-0.05, 0) is 59.9 Å². The number of carbonyl (C=O) groups is 1. The van der Waals surface area contributed by atoms with E-state index in [2.05, 4.69) is 21.6 Å². The zero-order valence-corrected chi connectivity index (χ0v) is 22.4. The fraction of sp³-hybridized carbons (Fsp3) is 0.367. The number of ether oxygens (including phenoxy) is 2. The predicted molar refractivity (Wildman–Crippen MR) is 154 cm³/mol. The molecular formula is C30H38FN5O3. The predicted octanol–water partition coefficient (Wildman–Crippen LogP) is 3.47. The van der Waals surface area contributed by atoms with Crippen LogP contribution in [0.15, 0.2) is 54.6 Å². The molecule has 0 radical (unpaired) electrons. The van der Waals surface area contributed by atoms with Crippen molar-refractivity contribution in [2.24, 2.45) is 5.73 Å². The molecule has 39 heavy (non-hydrogen) atoms. The number of benzene rings is 3. The van der Waals surface area contributed by atoms with Gasteiger partial charge in [-0.25, -0.2) is 4.39 Å². The lowest BCUT2D eigenvalue weighted by Crippen LogP contribution is -2.43. The van der Waals surface area contributed by atoms with E-state index in [0.717, 1.165) is 66.3 Å². The number of halogens is 1. The number of nitrogen functional groups attached to an aromatic ring is 1. The Hall–Kier alpha value is -3.82. The van der Waals surface area contributed by atoms with Crippen LogP contribution in [0.3, 0.4) is 0 Å². The third-order valence-electron chi connectivity index (χ3n) is 7.03. The van der Waals surface area contributed by atoms with E-state index < -0.39 is 0 Å². The maximum Gasteiger partial charge on any atom is 0.207 e. The number of piperazine rings is 1. The van der Waals surface area contributed by atoms with Crippen molar-refractivity contribution in [2.75, 3.05) is 50.5 Å². The number of nitrogens with two attached hydrogens (primary N) is 2. The van der Waals surface area contributed by atoms with Gasteiger partial charge in [-0.3, -0.25) is 4.79 Å². The van der Waals surface area contributed by atoms with Gasteiger partial charge in [-0.2, -0.15) is 0 Å². The monoisotopic (exact) mass is 535 g/mol. The Morgan fingerprint density at radius 1 is 1.10 bits per heavy atom. The summed E-state index contributed by atoms with van der Waals surface area (Å²) in [6, 6.07) is 16.8. The number of hydrogen-bond acceptors (Lipinski definition) is 7. The minimum Gasteiger partial charge on any atom is -0.496 e. The molecule has 0 spiro atoms. The SMILES string of the molecule is COc1ccc(CCC(CCNC=O)Oc2cc(F)cc(N3CCNCC3)c2)cc1-c1ccc(N)c(CN)c1. The number of nitrogens with zero attached hydrogens (tertiary/aromatic N) is 1. The van der Waals surface area contributed by atoms with Crippen molar-refractivity contribution >= 4 is 17.8 Å². The van der Waals surface area contributed by atoms with Gasteiger partial charge >= 0.3 is 0 Å². The Bertz CT molecular complexity index is 1250. The first-order valence-electron chi connectivity index (χ1n) is 13.4. The Morgan fingerprint density at radius 2 is 1.92 bits per heavy atom. The maximum absolute atomic E-state index is 14.5. The topological polar surface area (TPSA) is 115 Å². The number of hydrogen-bond donors (Lipinski definition) is 4. The van der Waals surface area contributed by atoms with Crippen molar-refractivity contribution < 1.29 is 18.7 Å². The highest BCUT2D eigenvalue weighted by molar-refractivity contribution is 5.74. The summed E-state index contributed by atoms with van der Waals surface area (Å²) in [6.45, 7) is 4.18. The van der Waals surface area contributed by atoms with Crippen LogP contribution >= 0.6 is 0 Å². The molecule has 4 rings (SSSR count). The highest BCUT2D eigenvalue weighted by atomic mass is 19.1. The number of methoxy groups -OCH3 is 1. The summed E-state index contributed by atoms with van der Waals surface area (Å²) in [5, 5.41) is 6.03. The van der Waals surface area contributed by atoms with Gasteiger partial charge in [0.15, 0.2) is 0 Å². The molecule has 8 nitrogen and oxygen atoms in total. The van der Waals surface area contributed by atoms with Gasteiger partial charge in [-0.15, -0.1) is 0 Å². The maximum atomic E-state index is 14.5. The molecule has 0 saturated carbocycles. The molecule has 1 saturated heterocycles. The van der Waals surface area contributed by atoms with E-state index in [1.807, 2.05) is 36.4 Å². The van der Waals surface area contributed by atoms with Crippen molar-refractivity contribution in [3.8, 4) is 22.6 Å². The van der Waals surface area contributed by atoms with E-state index in [-0.39, 0.29) is 11.9 Å². The summed E-state index contributed by atoms with van der Waals surface area (Å²) in [5.74, 6) is 0.923. The van der Waals surface area contributed by atoms with E-state index in [1.54, 1.807) is 13.2 Å². The normalized spacial score (nSPS) is 14.1. The molecule has 3 aromatic carbocycles. The third kappa shape index (κ3) is 7.61. The Labute approximate surface area is 229 Å². The molecule has 0 aliphatic carbocycles. The molecular weight excluding hydrogens is 497 g/mol. The van der Waals surface area contributed by atoms with Crippen molar-refractivity contribution in [3.63, 3.8) is 0 Å². The summed E-state index contributed by atoms with van der Waals surface area (Å²) < 4.78 is 26.5. The fourth-order valence-electron chi connectivity index (χ4n) is 4.89. The van der Waals surface area contributed by atoms with Gasteiger partial charge < -0.3 is 36.5 Å². The number of carbonyl (C=O) groups excluding carboxylic acids is 1. The Kier molecular flexibility index (Phi) is 9.99. The first-order valence-corrected chi connectivity index (χ1v) is 13.4. The molecule has 1 fully saturated rings. The molecule has 1 aliphatic rings. The molecule has 0 bridgehead atoms. The van der Waals surface area contributed by atoms with Crippen LogP contribution in [0.25, 0.3) is 11.1 Å². The van der Waals surface area contributed by atoms with E-state index in [9.17, 15) is 9.18 Å². The average molecular weight is 536 g/mol. The first kappa shape index (κ1) is 28.2. The lowest BCUT2D eigenvalue weighted by Gasteiger charge is -2.30. The smallest absolute Gasteiger partial charge is 0.207 e. The average Bonchev–Trinajstić information content (AvgIpc) is 2.96. The second-order valence-corrected chi connectivity index (χ2v) is 9.67. The lowest BCUT2D eigenvalue weighted by molar-refractivity contribution is -0.109. The molecule has 1 unspecified atom stereocenters. The number of aryl methyl sites for hydroxylation is 1. The summed E-state index contributed by atoms with van der Waals surface area (Å²) in [5.41, 5.74) is 17.3. The van der Waals surface area contributed by atoms with Crippen molar-refractivity contribution in [1.29, 1.82) is 0 Å². The van der Waals surface area contributed by atoms with E-state index in [4.69, 9.17) is 20.9 Å². The van der Waals surface area contributed by atoms with Gasteiger partial charge in [0.1, 0.15) is 23.4 Å². The van der Waals surface area contributed by atoms with Gasteiger partial charge in [0.25, 0.3) is 0 Å². The summed E-state index contributed by atoms with van der Waals surface area (Å²) in [4.78, 5) is 13.0. The molecule has 6 N–H and O–H groups in total. The molecule has 9 heteroatoms. The first-order chi connectivity index (χ1) is 19.0. The zero-order valence-electron chi connectivity index (χ0n) is 22.4. The van der Waals surface area contributed by atoms with Crippen LogP contribution in [-0.2, 0) is 17.8 Å². The second-order valence-electron chi connectivity index (χ2n) is 9.67. The van der Waals surface area contributed by atoms with E-state index >= 15 is 0 Å². The van der Waals surface area contributed by atoms with E-state index in [1.165, 1.54) is 6.07 Å². The quantitative estimate of drug-likeness (QED) is 0.151. The van der Waals surface area contributed by atoms with E-state index in [0.29, 0.717) is 43.8 Å². The van der Waals surface area contributed by atoms with Gasteiger partial charge in [-0.1, -0.05) is 12.1 Å². The number of anilines is 2. The molecule has 208 valence electrons. The van der Waals surface area contributed by atoms with Crippen LogP contribution in [0.2, 0.25) is 0 Å². The minimum atomic E-state index is -0.328.